The van der Waals surface area contributed by atoms with Crippen molar-refractivity contribution in [1.82, 2.24) is 0 Å². The van der Waals surface area contributed by atoms with Crippen molar-refractivity contribution in [3.8, 4) is 12.1 Å². The zero-order valence-electron chi connectivity index (χ0n) is 9.74. The molecule has 8 nitrogen and oxygen atoms in total. The number of nitrogens with two attached hydrogens (primary N) is 2. The lowest BCUT2D eigenvalue weighted by molar-refractivity contribution is -0.134. The van der Waals surface area contributed by atoms with Crippen LogP contribution in [0.5, 0.6) is 0 Å². The zero-order valence-corrected chi connectivity index (χ0v) is 9.74. The van der Waals surface area contributed by atoms with Crippen molar-refractivity contribution in [2.24, 2.45) is 11.5 Å². The Labute approximate surface area is 105 Å². The summed E-state index contributed by atoms with van der Waals surface area (Å²) in [6.45, 7) is 0.965. The normalized spacial score (nSPS) is 7.78. The second-order valence-corrected chi connectivity index (χ2v) is 2.40. The highest BCUT2D eigenvalue weighted by molar-refractivity contribution is 5.89. The molecular weight excluding hydrogens is 240 g/mol. The summed E-state index contributed by atoms with van der Waals surface area (Å²) in [7, 11) is 0. The molecule has 0 radical (unpaired) electrons. The maximum atomic E-state index is 9.55. The molecule has 0 aromatic heterocycles. The van der Waals surface area contributed by atoms with Crippen molar-refractivity contribution in [3.05, 3.63) is 12.2 Å². The first-order valence-electron chi connectivity index (χ1n) is 4.74. The van der Waals surface area contributed by atoms with Crippen LogP contribution < -0.4 is 11.5 Å². The smallest absolute Gasteiger partial charge is 0.328 e. The van der Waals surface area contributed by atoms with Crippen LogP contribution in [0.15, 0.2) is 12.2 Å². The molecule has 6 N–H and O–H groups in total. The average molecular weight is 256 g/mol. The maximum Gasteiger partial charge on any atom is 0.328 e. The summed E-state index contributed by atoms with van der Waals surface area (Å²) in [6, 6.07) is 3.78. The number of carboxylic acids is 2. The molecule has 0 atom stereocenters. The fourth-order valence-electron chi connectivity index (χ4n) is 0.272. The number of hydrogen-bond donors (Lipinski definition) is 4. The molecule has 0 bridgehead atoms. The quantitative estimate of drug-likeness (QED) is 0.483. The van der Waals surface area contributed by atoms with Crippen molar-refractivity contribution in [3.63, 3.8) is 0 Å². The second kappa shape index (κ2) is 20.1. The summed E-state index contributed by atoms with van der Waals surface area (Å²) in [4.78, 5) is 19.1. The summed E-state index contributed by atoms with van der Waals surface area (Å²) in [5.74, 6) is -2.51. The van der Waals surface area contributed by atoms with E-state index in [1.54, 1.807) is 0 Å². The van der Waals surface area contributed by atoms with Gasteiger partial charge in [0.15, 0.2) is 0 Å². The first-order chi connectivity index (χ1) is 8.45. The van der Waals surface area contributed by atoms with Crippen LogP contribution in [-0.4, -0.2) is 35.2 Å². The zero-order chi connectivity index (χ0) is 14.8. The molecule has 18 heavy (non-hydrogen) atoms. The molecule has 0 aliphatic carbocycles. The average Bonchev–Trinajstić information content (AvgIpc) is 2.30. The Morgan fingerprint density at radius 3 is 1.28 bits per heavy atom. The highest BCUT2D eigenvalue weighted by atomic mass is 16.4. The van der Waals surface area contributed by atoms with Crippen LogP contribution in [0.1, 0.15) is 12.8 Å². The molecule has 0 saturated carbocycles. The highest BCUT2D eigenvalue weighted by Crippen LogP contribution is 1.70. The van der Waals surface area contributed by atoms with Crippen molar-refractivity contribution in [2.45, 2.75) is 12.8 Å². The van der Waals surface area contributed by atoms with Crippen molar-refractivity contribution < 1.29 is 19.8 Å². The minimum absolute atomic E-state index is 0.472. The van der Waals surface area contributed by atoms with Gasteiger partial charge >= 0.3 is 11.9 Å². The molecule has 100 valence electrons. The lowest BCUT2D eigenvalue weighted by Crippen LogP contribution is -1.94. The van der Waals surface area contributed by atoms with Gasteiger partial charge in [0.05, 0.1) is 12.1 Å². The fraction of sp³-hybridized carbons (Fsp3) is 0.400. The Balaban J connectivity index is -0.000000197. The van der Waals surface area contributed by atoms with Gasteiger partial charge in [-0.3, -0.25) is 0 Å². The molecule has 0 amide bonds. The Morgan fingerprint density at radius 2 is 1.22 bits per heavy atom. The minimum atomic E-state index is -1.26. The van der Waals surface area contributed by atoms with E-state index in [0.717, 1.165) is 0 Å². The molecule has 0 aliphatic rings. The van der Waals surface area contributed by atoms with Crippen LogP contribution in [-0.2, 0) is 9.59 Å². The van der Waals surface area contributed by atoms with Crippen LogP contribution >= 0.6 is 0 Å². The van der Waals surface area contributed by atoms with Crippen LogP contribution in [0.4, 0.5) is 0 Å². The van der Waals surface area contributed by atoms with Crippen molar-refractivity contribution >= 4 is 11.9 Å². The first kappa shape index (κ1) is 20.9. The Hall–Kier alpha value is -2.42. The molecule has 8 heteroatoms. The van der Waals surface area contributed by atoms with E-state index in [2.05, 4.69) is 0 Å². The Bertz CT molecular complexity index is 296. The second-order valence-electron chi connectivity index (χ2n) is 2.40. The summed E-state index contributed by atoms with van der Waals surface area (Å²) in [5, 5.41) is 31.1. The van der Waals surface area contributed by atoms with Crippen molar-refractivity contribution in [1.29, 1.82) is 10.5 Å². The number of hydrogen-bond acceptors (Lipinski definition) is 6. The van der Waals surface area contributed by atoms with Crippen molar-refractivity contribution in [2.75, 3.05) is 13.1 Å². The molecule has 0 aromatic rings. The van der Waals surface area contributed by atoms with E-state index in [4.69, 9.17) is 32.2 Å². The molecule has 0 heterocycles. The van der Waals surface area contributed by atoms with Gasteiger partial charge in [-0.1, -0.05) is 0 Å². The topological polar surface area (TPSA) is 174 Å². The van der Waals surface area contributed by atoms with Crippen LogP contribution in [0, 0.1) is 22.7 Å². The highest BCUT2D eigenvalue weighted by Gasteiger charge is 1.88. The Kier molecular flexibility index (Phi) is 23.3. The first-order valence-corrected chi connectivity index (χ1v) is 4.74. The molecule has 0 aliphatic heterocycles. The number of nitriles is 2. The van der Waals surface area contributed by atoms with Crippen LogP contribution in [0.2, 0.25) is 0 Å². The summed E-state index contributed by atoms with van der Waals surface area (Å²) < 4.78 is 0. The monoisotopic (exact) mass is 256 g/mol. The number of carbonyl (C=O) groups is 2. The third-order valence-corrected chi connectivity index (χ3v) is 0.881. The van der Waals surface area contributed by atoms with E-state index in [-0.39, 0.29) is 0 Å². The number of aliphatic carboxylic acids is 2. The predicted octanol–water partition coefficient (Wildman–Crippen LogP) is -0.571. The van der Waals surface area contributed by atoms with Gasteiger partial charge in [-0.15, -0.1) is 0 Å². The van der Waals surface area contributed by atoms with Crippen LogP contribution in [0.3, 0.4) is 0 Å². The lowest BCUT2D eigenvalue weighted by atomic mass is 10.5. The third kappa shape index (κ3) is 49.6. The largest absolute Gasteiger partial charge is 0.478 e. The summed E-state index contributed by atoms with van der Waals surface area (Å²) in [5.41, 5.74) is 9.83. The van der Waals surface area contributed by atoms with Gasteiger partial charge in [0.1, 0.15) is 0 Å². The molecule has 0 saturated heterocycles. The van der Waals surface area contributed by atoms with E-state index < -0.39 is 11.9 Å². The van der Waals surface area contributed by atoms with Gasteiger partial charge in [0.25, 0.3) is 0 Å². The van der Waals surface area contributed by atoms with Crippen LogP contribution in [0.25, 0.3) is 0 Å². The van der Waals surface area contributed by atoms with E-state index in [1.165, 1.54) is 0 Å². The predicted molar refractivity (Wildman–Crippen MR) is 63.0 cm³/mol. The molecule has 0 rings (SSSR count). The third-order valence-electron chi connectivity index (χ3n) is 0.881. The molecule has 0 fully saturated rings. The standard InChI is InChI=1S/C4H4O4.2C3H6N2/c5-3(6)1-2-4(7)8;2*4-2-1-3-5/h1-2H,(H,5,6)(H,7,8);2*1-2,4H2. The molecule has 0 unspecified atom stereocenters. The molecule has 0 spiro atoms. The van der Waals surface area contributed by atoms with E-state index in [0.29, 0.717) is 38.1 Å². The summed E-state index contributed by atoms with van der Waals surface area (Å²) in [6.07, 6.45) is 2.06. The fourth-order valence-corrected chi connectivity index (χ4v) is 0.272. The maximum absolute atomic E-state index is 9.55. The lowest BCUT2D eigenvalue weighted by Gasteiger charge is -1.74. The van der Waals surface area contributed by atoms with Gasteiger partial charge in [-0.05, 0) is 0 Å². The van der Waals surface area contributed by atoms with Gasteiger partial charge in [-0.2, -0.15) is 10.5 Å². The number of carboxylic acid groups (broad SMARTS) is 2. The Morgan fingerprint density at radius 1 is 0.944 bits per heavy atom. The minimum Gasteiger partial charge on any atom is -0.478 e. The molecular formula is C10H16N4O4. The van der Waals surface area contributed by atoms with Gasteiger partial charge in [-0.25, -0.2) is 9.59 Å². The van der Waals surface area contributed by atoms with E-state index in [1.807, 2.05) is 12.1 Å². The SMILES string of the molecule is N#CCCN.N#CCCN.O=C(O)C=CC(=O)O. The van der Waals surface area contributed by atoms with E-state index in [9.17, 15) is 9.59 Å². The molecule has 0 aromatic carbocycles. The number of nitrogens with zero attached hydrogens (tertiary/aromatic N) is 2. The van der Waals surface area contributed by atoms with Gasteiger partial charge in [0.2, 0.25) is 0 Å². The van der Waals surface area contributed by atoms with Gasteiger partial charge in [0, 0.05) is 38.1 Å². The number of rotatable bonds is 4. The summed E-state index contributed by atoms with van der Waals surface area (Å²) >= 11 is 0. The van der Waals surface area contributed by atoms with Gasteiger partial charge < -0.3 is 21.7 Å². The van der Waals surface area contributed by atoms with E-state index >= 15 is 0 Å².